The van der Waals surface area contributed by atoms with Crippen LogP contribution in [0.2, 0.25) is 0 Å². The summed E-state index contributed by atoms with van der Waals surface area (Å²) < 4.78 is 0. The zero-order valence-electron chi connectivity index (χ0n) is 6.57. The van der Waals surface area contributed by atoms with Crippen LogP contribution in [0.4, 0.5) is 5.95 Å². The van der Waals surface area contributed by atoms with Crippen LogP contribution in [0.3, 0.4) is 0 Å². The molecular formula is C7H12N4. The number of hydrogen-bond donors (Lipinski definition) is 1. The van der Waals surface area contributed by atoms with Gasteiger partial charge in [0.1, 0.15) is 0 Å². The van der Waals surface area contributed by atoms with E-state index in [1.54, 1.807) is 23.5 Å². The van der Waals surface area contributed by atoms with E-state index in [2.05, 4.69) is 16.9 Å². The van der Waals surface area contributed by atoms with Crippen LogP contribution in [0.15, 0.2) is 18.5 Å². The standard InChI is InChI=1S/C7H12N4/c1-2-6-11(8)7-9-4-3-5-10-7/h3-5H,2,6,8H2,1H3. The van der Waals surface area contributed by atoms with Gasteiger partial charge >= 0.3 is 0 Å². The fourth-order valence-electron chi connectivity index (χ4n) is 0.780. The summed E-state index contributed by atoms with van der Waals surface area (Å²) in [6.45, 7) is 2.84. The Bertz CT molecular complexity index is 199. The minimum Gasteiger partial charge on any atom is -0.279 e. The molecule has 1 rings (SSSR count). The molecule has 1 heterocycles. The molecule has 11 heavy (non-hydrogen) atoms. The van der Waals surface area contributed by atoms with Crippen LogP contribution in [-0.4, -0.2) is 16.5 Å². The molecule has 0 saturated carbocycles. The summed E-state index contributed by atoms with van der Waals surface area (Å²) in [5, 5.41) is 1.54. The van der Waals surface area contributed by atoms with Gasteiger partial charge < -0.3 is 0 Å². The van der Waals surface area contributed by atoms with Gasteiger partial charge in [-0.2, -0.15) is 0 Å². The molecule has 0 atom stereocenters. The molecule has 0 aliphatic rings. The van der Waals surface area contributed by atoms with Crippen LogP contribution in [0.5, 0.6) is 0 Å². The smallest absolute Gasteiger partial charge is 0.239 e. The topological polar surface area (TPSA) is 55.0 Å². The molecule has 0 unspecified atom stereocenters. The molecule has 1 aromatic heterocycles. The van der Waals surface area contributed by atoms with Gasteiger partial charge in [0, 0.05) is 18.9 Å². The van der Waals surface area contributed by atoms with Crippen LogP contribution < -0.4 is 10.9 Å². The number of anilines is 1. The van der Waals surface area contributed by atoms with Crippen molar-refractivity contribution in [1.29, 1.82) is 0 Å². The van der Waals surface area contributed by atoms with Crippen molar-refractivity contribution in [2.45, 2.75) is 13.3 Å². The Hall–Kier alpha value is -1.16. The predicted molar refractivity (Wildman–Crippen MR) is 43.9 cm³/mol. The first kappa shape index (κ1) is 7.94. The summed E-state index contributed by atoms with van der Waals surface area (Å²) in [6.07, 6.45) is 4.35. The monoisotopic (exact) mass is 152 g/mol. The number of hydrazine groups is 1. The van der Waals surface area contributed by atoms with Gasteiger partial charge in [-0.15, -0.1) is 0 Å². The second-order valence-corrected chi connectivity index (χ2v) is 2.24. The Balaban J connectivity index is 2.61. The Morgan fingerprint density at radius 3 is 2.64 bits per heavy atom. The number of rotatable bonds is 3. The average Bonchev–Trinajstić information content (AvgIpc) is 2.07. The van der Waals surface area contributed by atoms with E-state index in [0.29, 0.717) is 5.95 Å². The highest BCUT2D eigenvalue weighted by molar-refractivity contribution is 5.24. The van der Waals surface area contributed by atoms with Crippen molar-refractivity contribution in [2.24, 2.45) is 5.84 Å². The van der Waals surface area contributed by atoms with Gasteiger partial charge in [0.2, 0.25) is 5.95 Å². The van der Waals surface area contributed by atoms with E-state index in [1.807, 2.05) is 0 Å². The summed E-state index contributed by atoms with van der Waals surface area (Å²) in [6, 6.07) is 1.77. The minimum absolute atomic E-state index is 0.578. The van der Waals surface area contributed by atoms with Gasteiger partial charge in [-0.1, -0.05) is 6.92 Å². The van der Waals surface area contributed by atoms with Gasteiger partial charge in [0.05, 0.1) is 0 Å². The molecule has 60 valence electrons. The zero-order chi connectivity index (χ0) is 8.10. The third kappa shape index (κ3) is 2.16. The molecule has 0 spiro atoms. The summed E-state index contributed by atoms with van der Waals surface area (Å²) in [5.74, 6) is 6.19. The molecule has 2 N–H and O–H groups in total. The molecule has 4 nitrogen and oxygen atoms in total. The molecule has 0 radical (unpaired) electrons. The van der Waals surface area contributed by atoms with Crippen molar-refractivity contribution in [3.05, 3.63) is 18.5 Å². The highest BCUT2D eigenvalue weighted by atomic mass is 15.5. The maximum absolute atomic E-state index is 5.61. The lowest BCUT2D eigenvalue weighted by Crippen LogP contribution is -2.32. The van der Waals surface area contributed by atoms with E-state index in [9.17, 15) is 0 Å². The second kappa shape index (κ2) is 3.88. The van der Waals surface area contributed by atoms with Crippen molar-refractivity contribution < 1.29 is 0 Å². The van der Waals surface area contributed by atoms with E-state index >= 15 is 0 Å². The summed E-state index contributed by atoms with van der Waals surface area (Å²) >= 11 is 0. The van der Waals surface area contributed by atoms with Gasteiger partial charge in [-0.3, -0.25) is 5.01 Å². The van der Waals surface area contributed by atoms with Crippen molar-refractivity contribution in [2.75, 3.05) is 11.6 Å². The second-order valence-electron chi connectivity index (χ2n) is 2.24. The molecule has 0 aliphatic heterocycles. The van der Waals surface area contributed by atoms with Crippen molar-refractivity contribution in [3.8, 4) is 0 Å². The normalized spacial score (nSPS) is 9.64. The lowest BCUT2D eigenvalue weighted by molar-refractivity contribution is 0.773. The highest BCUT2D eigenvalue weighted by Crippen LogP contribution is 1.98. The summed E-state index contributed by atoms with van der Waals surface area (Å²) in [5.41, 5.74) is 0. The molecule has 0 aromatic carbocycles. The highest BCUT2D eigenvalue weighted by Gasteiger charge is 1.99. The summed E-state index contributed by atoms with van der Waals surface area (Å²) in [7, 11) is 0. The number of aromatic nitrogens is 2. The molecular weight excluding hydrogens is 140 g/mol. The molecule has 0 bridgehead atoms. The SMILES string of the molecule is CCCN(N)c1ncccn1. The fourth-order valence-corrected chi connectivity index (χ4v) is 0.780. The van der Waals surface area contributed by atoms with Crippen LogP contribution >= 0.6 is 0 Å². The van der Waals surface area contributed by atoms with Gasteiger partial charge in [-0.25, -0.2) is 15.8 Å². The molecule has 0 aliphatic carbocycles. The fraction of sp³-hybridized carbons (Fsp3) is 0.429. The van der Waals surface area contributed by atoms with E-state index in [1.165, 1.54) is 0 Å². The summed E-state index contributed by atoms with van der Waals surface area (Å²) in [4.78, 5) is 7.97. The van der Waals surface area contributed by atoms with E-state index in [-0.39, 0.29) is 0 Å². The largest absolute Gasteiger partial charge is 0.279 e. The maximum atomic E-state index is 5.61. The third-order valence-corrected chi connectivity index (χ3v) is 1.27. The van der Waals surface area contributed by atoms with Crippen LogP contribution in [0.1, 0.15) is 13.3 Å². The van der Waals surface area contributed by atoms with Gasteiger partial charge in [0.25, 0.3) is 0 Å². The molecule has 4 heteroatoms. The number of nitrogens with two attached hydrogens (primary N) is 1. The number of nitrogens with zero attached hydrogens (tertiary/aromatic N) is 3. The van der Waals surface area contributed by atoms with E-state index < -0.39 is 0 Å². The van der Waals surface area contributed by atoms with E-state index in [4.69, 9.17) is 5.84 Å². The maximum Gasteiger partial charge on any atom is 0.239 e. The van der Waals surface area contributed by atoms with Crippen molar-refractivity contribution >= 4 is 5.95 Å². The lowest BCUT2D eigenvalue weighted by atomic mass is 10.5. The Morgan fingerprint density at radius 2 is 2.09 bits per heavy atom. The predicted octanol–water partition coefficient (Wildman–Crippen LogP) is 0.567. The lowest BCUT2D eigenvalue weighted by Gasteiger charge is -2.13. The Labute approximate surface area is 66.0 Å². The molecule has 0 saturated heterocycles. The van der Waals surface area contributed by atoms with Crippen LogP contribution in [0, 0.1) is 0 Å². The van der Waals surface area contributed by atoms with Crippen LogP contribution in [-0.2, 0) is 0 Å². The van der Waals surface area contributed by atoms with Crippen LogP contribution in [0.25, 0.3) is 0 Å². The number of hydrogen-bond acceptors (Lipinski definition) is 4. The van der Waals surface area contributed by atoms with Gasteiger partial charge in [-0.05, 0) is 12.5 Å². The third-order valence-electron chi connectivity index (χ3n) is 1.27. The Kier molecular flexibility index (Phi) is 2.80. The van der Waals surface area contributed by atoms with Crippen molar-refractivity contribution in [3.63, 3.8) is 0 Å². The van der Waals surface area contributed by atoms with E-state index in [0.717, 1.165) is 13.0 Å². The zero-order valence-corrected chi connectivity index (χ0v) is 6.57. The average molecular weight is 152 g/mol. The minimum atomic E-state index is 0.578. The van der Waals surface area contributed by atoms with Crippen molar-refractivity contribution in [1.82, 2.24) is 9.97 Å². The molecule has 0 fully saturated rings. The first-order valence-electron chi connectivity index (χ1n) is 3.64. The quantitative estimate of drug-likeness (QED) is 0.508. The first-order valence-corrected chi connectivity index (χ1v) is 3.64. The van der Waals surface area contributed by atoms with Gasteiger partial charge in [0.15, 0.2) is 0 Å². The Morgan fingerprint density at radius 1 is 1.45 bits per heavy atom. The molecule has 1 aromatic rings. The molecule has 0 amide bonds. The first-order chi connectivity index (χ1) is 5.34.